The van der Waals surface area contributed by atoms with E-state index in [0.29, 0.717) is 12.5 Å². The molecule has 1 aromatic rings. The van der Waals surface area contributed by atoms with Gasteiger partial charge < -0.3 is 15.0 Å². The Balaban J connectivity index is 2.55. The molecule has 0 spiro atoms. The lowest BCUT2D eigenvalue weighted by molar-refractivity contribution is 0.272. The highest BCUT2D eigenvalue weighted by Crippen LogP contribution is 2.14. The molecular weight excluding hydrogens is 228 g/mol. The molecule has 0 fully saturated rings. The zero-order valence-corrected chi connectivity index (χ0v) is 11.9. The fourth-order valence-corrected chi connectivity index (χ4v) is 1.53. The summed E-state index contributed by atoms with van der Waals surface area (Å²) in [6.07, 6.45) is 1.81. The number of hydrogen-bond acceptors (Lipinski definition) is 5. The predicted octanol–water partition coefficient (Wildman–Crippen LogP) is 1.80. The first kappa shape index (κ1) is 14.7. The summed E-state index contributed by atoms with van der Waals surface area (Å²) < 4.78 is 5.67. The molecule has 0 aromatic carbocycles. The molecule has 18 heavy (non-hydrogen) atoms. The quantitative estimate of drug-likeness (QED) is 0.715. The van der Waals surface area contributed by atoms with Crippen LogP contribution in [0.1, 0.15) is 26.1 Å². The molecule has 0 atom stereocenters. The van der Waals surface area contributed by atoms with Gasteiger partial charge in [0, 0.05) is 25.6 Å². The molecule has 102 valence electrons. The van der Waals surface area contributed by atoms with Gasteiger partial charge in [-0.3, -0.25) is 0 Å². The topological polar surface area (TPSA) is 50.3 Å². The number of hydrogen-bond donors (Lipinski definition) is 1. The second kappa shape index (κ2) is 7.87. The summed E-state index contributed by atoms with van der Waals surface area (Å²) in [5, 5.41) is 3.19. The summed E-state index contributed by atoms with van der Waals surface area (Å²) in [5.74, 6) is 2.32. The van der Waals surface area contributed by atoms with Crippen LogP contribution in [0.15, 0.2) is 6.07 Å². The molecule has 0 saturated carbocycles. The Hall–Kier alpha value is -1.36. The summed E-state index contributed by atoms with van der Waals surface area (Å²) in [6.45, 7) is 6.64. The Bertz CT molecular complexity index is 355. The number of aromatic nitrogens is 2. The van der Waals surface area contributed by atoms with Crippen molar-refractivity contribution >= 4 is 5.82 Å². The lowest BCUT2D eigenvalue weighted by Crippen LogP contribution is -2.16. The summed E-state index contributed by atoms with van der Waals surface area (Å²) in [5.41, 5.74) is 0. The monoisotopic (exact) mass is 252 g/mol. The molecule has 0 aliphatic heterocycles. The van der Waals surface area contributed by atoms with Crippen LogP contribution in [0.25, 0.3) is 0 Å². The van der Waals surface area contributed by atoms with Crippen molar-refractivity contribution in [3.8, 4) is 5.88 Å². The van der Waals surface area contributed by atoms with E-state index in [0.717, 1.165) is 37.6 Å². The van der Waals surface area contributed by atoms with Crippen LogP contribution < -0.4 is 10.1 Å². The van der Waals surface area contributed by atoms with Gasteiger partial charge in [-0.2, -0.15) is 4.98 Å². The van der Waals surface area contributed by atoms with E-state index in [2.05, 4.69) is 34.3 Å². The summed E-state index contributed by atoms with van der Waals surface area (Å²) in [6, 6.07) is 1.86. The molecule has 0 amide bonds. The minimum absolute atomic E-state index is 0.663. The number of aryl methyl sites for hydroxylation is 1. The molecule has 1 rings (SSSR count). The first-order chi connectivity index (χ1) is 8.65. The highest BCUT2D eigenvalue weighted by Gasteiger charge is 2.04. The van der Waals surface area contributed by atoms with E-state index in [1.807, 2.05) is 19.9 Å². The minimum Gasteiger partial charge on any atom is -0.477 e. The van der Waals surface area contributed by atoms with E-state index in [9.17, 15) is 0 Å². The van der Waals surface area contributed by atoms with Crippen LogP contribution in [-0.4, -0.2) is 48.7 Å². The van der Waals surface area contributed by atoms with Crippen LogP contribution in [0.5, 0.6) is 5.88 Å². The van der Waals surface area contributed by atoms with Gasteiger partial charge in [0.2, 0.25) is 5.88 Å². The second-order valence-electron chi connectivity index (χ2n) is 4.40. The molecule has 0 bridgehead atoms. The van der Waals surface area contributed by atoms with Gasteiger partial charge in [0.1, 0.15) is 11.6 Å². The summed E-state index contributed by atoms with van der Waals surface area (Å²) in [7, 11) is 4.12. The maximum absolute atomic E-state index is 5.67. The summed E-state index contributed by atoms with van der Waals surface area (Å²) >= 11 is 0. The van der Waals surface area contributed by atoms with E-state index in [4.69, 9.17) is 4.74 Å². The van der Waals surface area contributed by atoms with Gasteiger partial charge in [0.15, 0.2) is 0 Å². The lowest BCUT2D eigenvalue weighted by atomic mass is 10.4. The van der Waals surface area contributed by atoms with Crippen LogP contribution in [0, 0.1) is 0 Å². The minimum atomic E-state index is 0.663. The number of ether oxygens (including phenoxy) is 1. The molecule has 1 heterocycles. The number of rotatable bonds is 8. The van der Waals surface area contributed by atoms with Crippen molar-refractivity contribution in [1.82, 2.24) is 14.9 Å². The molecule has 0 aliphatic carbocycles. The third-order valence-corrected chi connectivity index (χ3v) is 2.42. The molecule has 5 nitrogen and oxygen atoms in total. The van der Waals surface area contributed by atoms with Gasteiger partial charge in [-0.1, -0.05) is 6.92 Å². The van der Waals surface area contributed by atoms with Crippen LogP contribution >= 0.6 is 0 Å². The summed E-state index contributed by atoms with van der Waals surface area (Å²) in [4.78, 5) is 10.9. The number of anilines is 1. The number of nitrogens with zero attached hydrogens (tertiary/aromatic N) is 3. The smallest absolute Gasteiger partial charge is 0.218 e. The first-order valence-electron chi connectivity index (χ1n) is 6.55. The van der Waals surface area contributed by atoms with Gasteiger partial charge in [-0.25, -0.2) is 4.98 Å². The molecule has 0 aliphatic rings. The molecule has 0 saturated heterocycles. The van der Waals surface area contributed by atoms with Crippen molar-refractivity contribution in [2.24, 2.45) is 0 Å². The van der Waals surface area contributed by atoms with Crippen LogP contribution in [-0.2, 0) is 6.42 Å². The average Bonchev–Trinajstić information content (AvgIpc) is 2.34. The van der Waals surface area contributed by atoms with Crippen molar-refractivity contribution in [3.05, 3.63) is 11.9 Å². The Morgan fingerprint density at radius 1 is 1.28 bits per heavy atom. The van der Waals surface area contributed by atoms with E-state index >= 15 is 0 Å². The molecular formula is C13H24N4O. The third kappa shape index (κ3) is 5.31. The van der Waals surface area contributed by atoms with Crippen molar-refractivity contribution in [1.29, 1.82) is 0 Å². The predicted molar refractivity (Wildman–Crippen MR) is 74.2 cm³/mol. The van der Waals surface area contributed by atoms with Crippen molar-refractivity contribution in [2.75, 3.05) is 39.1 Å². The lowest BCUT2D eigenvalue weighted by Gasteiger charge is -2.11. The average molecular weight is 252 g/mol. The fourth-order valence-electron chi connectivity index (χ4n) is 1.53. The third-order valence-electron chi connectivity index (χ3n) is 2.42. The Labute approximate surface area is 110 Å². The van der Waals surface area contributed by atoms with Crippen LogP contribution in [0.4, 0.5) is 5.82 Å². The van der Waals surface area contributed by atoms with Crippen molar-refractivity contribution < 1.29 is 4.74 Å². The highest BCUT2D eigenvalue weighted by molar-refractivity contribution is 5.38. The normalized spacial score (nSPS) is 10.7. The van der Waals surface area contributed by atoms with Gasteiger partial charge in [-0.05, 0) is 27.4 Å². The first-order valence-corrected chi connectivity index (χ1v) is 6.55. The SMILES string of the molecule is CCNc1cc(OCCCN(C)C)nc(CC)n1. The fraction of sp³-hybridized carbons (Fsp3) is 0.692. The van der Waals surface area contributed by atoms with Crippen molar-refractivity contribution in [2.45, 2.75) is 26.7 Å². The Morgan fingerprint density at radius 3 is 2.67 bits per heavy atom. The van der Waals surface area contributed by atoms with Gasteiger partial charge in [-0.15, -0.1) is 0 Å². The van der Waals surface area contributed by atoms with Crippen molar-refractivity contribution in [3.63, 3.8) is 0 Å². The maximum atomic E-state index is 5.67. The van der Waals surface area contributed by atoms with Crippen LogP contribution in [0.3, 0.4) is 0 Å². The maximum Gasteiger partial charge on any atom is 0.218 e. The molecule has 1 aromatic heterocycles. The van der Waals surface area contributed by atoms with E-state index in [1.54, 1.807) is 0 Å². The molecule has 0 radical (unpaired) electrons. The Morgan fingerprint density at radius 2 is 2.06 bits per heavy atom. The Kier molecular flexibility index (Phi) is 6.43. The van der Waals surface area contributed by atoms with E-state index in [1.165, 1.54) is 0 Å². The van der Waals surface area contributed by atoms with E-state index < -0.39 is 0 Å². The second-order valence-corrected chi connectivity index (χ2v) is 4.40. The zero-order chi connectivity index (χ0) is 13.4. The van der Waals surface area contributed by atoms with E-state index in [-0.39, 0.29) is 0 Å². The van der Waals surface area contributed by atoms with Gasteiger partial charge >= 0.3 is 0 Å². The van der Waals surface area contributed by atoms with Crippen LogP contribution in [0.2, 0.25) is 0 Å². The zero-order valence-electron chi connectivity index (χ0n) is 11.9. The standard InChI is InChI=1S/C13H24N4O/c1-5-11-15-12(14-6-2)10-13(16-11)18-9-7-8-17(3)4/h10H,5-9H2,1-4H3,(H,14,15,16). The van der Waals surface area contributed by atoms with Gasteiger partial charge in [0.25, 0.3) is 0 Å². The largest absolute Gasteiger partial charge is 0.477 e. The highest BCUT2D eigenvalue weighted by atomic mass is 16.5. The molecule has 5 heteroatoms. The number of nitrogens with one attached hydrogen (secondary N) is 1. The molecule has 0 unspecified atom stereocenters. The van der Waals surface area contributed by atoms with Gasteiger partial charge in [0.05, 0.1) is 6.61 Å². The molecule has 1 N–H and O–H groups in total.